The van der Waals surface area contributed by atoms with Gasteiger partial charge in [-0.05, 0) is 32.9 Å². The summed E-state index contributed by atoms with van der Waals surface area (Å²) < 4.78 is 0. The molecule has 1 aliphatic heterocycles. The van der Waals surface area contributed by atoms with E-state index in [4.69, 9.17) is 5.84 Å². The fourth-order valence-corrected chi connectivity index (χ4v) is 2.43. The highest BCUT2D eigenvalue weighted by Crippen LogP contribution is 2.12. The molecule has 0 spiro atoms. The minimum absolute atomic E-state index is 0.508. The van der Waals surface area contributed by atoms with E-state index in [-0.39, 0.29) is 0 Å². The lowest BCUT2D eigenvalue weighted by molar-refractivity contribution is 0.258. The first-order chi connectivity index (χ1) is 8.72. The van der Waals surface area contributed by atoms with Gasteiger partial charge in [-0.1, -0.05) is 20.3 Å². The zero-order valence-electron chi connectivity index (χ0n) is 12.2. The van der Waals surface area contributed by atoms with Crippen molar-refractivity contribution in [1.82, 2.24) is 15.2 Å². The number of hydrazine groups is 1. The number of hydrogen-bond acceptors (Lipinski definition) is 3. The number of guanidine groups is 1. The Balaban J connectivity index is 2.70. The van der Waals surface area contributed by atoms with E-state index in [1.807, 2.05) is 0 Å². The standard InChI is InChI=1S/C13H29N5/c1-4-6-8-15-13(16-14)18-10-7-9-17(3)11-12(18)5-2/h12H,4-11,14H2,1-3H3,(H,15,16). The lowest BCUT2D eigenvalue weighted by atomic mass is 10.2. The maximum Gasteiger partial charge on any atom is 0.208 e. The van der Waals surface area contributed by atoms with E-state index in [0.29, 0.717) is 6.04 Å². The zero-order valence-corrected chi connectivity index (χ0v) is 12.2. The van der Waals surface area contributed by atoms with Gasteiger partial charge in [-0.25, -0.2) is 5.84 Å². The smallest absolute Gasteiger partial charge is 0.208 e. The molecule has 1 rings (SSSR count). The van der Waals surface area contributed by atoms with Crippen molar-refractivity contribution >= 4 is 5.96 Å². The highest BCUT2D eigenvalue weighted by molar-refractivity contribution is 5.79. The highest BCUT2D eigenvalue weighted by Gasteiger charge is 2.24. The van der Waals surface area contributed by atoms with Crippen LogP contribution in [0.25, 0.3) is 0 Å². The molecule has 106 valence electrons. The first kappa shape index (κ1) is 15.2. The quantitative estimate of drug-likeness (QED) is 0.259. The van der Waals surface area contributed by atoms with Crippen LogP contribution in [0.4, 0.5) is 0 Å². The van der Waals surface area contributed by atoms with Crippen LogP contribution in [0.5, 0.6) is 0 Å². The van der Waals surface area contributed by atoms with Crippen LogP contribution in [0.3, 0.4) is 0 Å². The summed E-state index contributed by atoms with van der Waals surface area (Å²) in [5, 5.41) is 0. The number of nitrogens with two attached hydrogens (primary N) is 1. The number of nitrogens with zero attached hydrogens (tertiary/aromatic N) is 3. The molecule has 1 atom stereocenters. The van der Waals surface area contributed by atoms with E-state index < -0.39 is 0 Å². The predicted octanol–water partition coefficient (Wildman–Crippen LogP) is 1.02. The van der Waals surface area contributed by atoms with Crippen molar-refractivity contribution in [2.45, 2.75) is 45.6 Å². The largest absolute Gasteiger partial charge is 0.338 e. The monoisotopic (exact) mass is 255 g/mol. The molecule has 0 amide bonds. The third-order valence-electron chi connectivity index (χ3n) is 3.55. The third-order valence-corrected chi connectivity index (χ3v) is 3.55. The molecular weight excluding hydrogens is 226 g/mol. The summed E-state index contributed by atoms with van der Waals surface area (Å²) in [7, 11) is 2.19. The molecule has 0 aromatic heterocycles. The molecule has 1 saturated heterocycles. The predicted molar refractivity (Wildman–Crippen MR) is 77.4 cm³/mol. The molecule has 18 heavy (non-hydrogen) atoms. The Morgan fingerprint density at radius 3 is 2.78 bits per heavy atom. The van der Waals surface area contributed by atoms with E-state index in [0.717, 1.165) is 45.0 Å². The fraction of sp³-hybridized carbons (Fsp3) is 0.923. The van der Waals surface area contributed by atoms with Gasteiger partial charge in [-0.3, -0.25) is 10.4 Å². The van der Waals surface area contributed by atoms with Crippen LogP contribution in [0.2, 0.25) is 0 Å². The van der Waals surface area contributed by atoms with Gasteiger partial charge >= 0.3 is 0 Å². The number of hydrogen-bond donors (Lipinski definition) is 2. The SMILES string of the molecule is CCCCN=C(NN)N1CCCN(C)CC1CC. The van der Waals surface area contributed by atoms with Crippen molar-refractivity contribution in [3.63, 3.8) is 0 Å². The molecule has 0 bridgehead atoms. The van der Waals surface area contributed by atoms with E-state index >= 15 is 0 Å². The van der Waals surface area contributed by atoms with Gasteiger partial charge in [0.15, 0.2) is 0 Å². The van der Waals surface area contributed by atoms with Gasteiger partial charge in [0.25, 0.3) is 0 Å². The van der Waals surface area contributed by atoms with Gasteiger partial charge in [0, 0.05) is 25.7 Å². The molecule has 5 nitrogen and oxygen atoms in total. The average Bonchev–Trinajstić information content (AvgIpc) is 2.56. The molecule has 0 radical (unpaired) electrons. The van der Waals surface area contributed by atoms with Crippen molar-refractivity contribution in [2.75, 3.05) is 33.2 Å². The lowest BCUT2D eigenvalue weighted by Gasteiger charge is -2.32. The number of nitrogens with one attached hydrogen (secondary N) is 1. The van der Waals surface area contributed by atoms with Gasteiger partial charge < -0.3 is 9.80 Å². The average molecular weight is 255 g/mol. The Hall–Kier alpha value is -0.810. The van der Waals surface area contributed by atoms with E-state index in [9.17, 15) is 0 Å². The zero-order chi connectivity index (χ0) is 13.4. The van der Waals surface area contributed by atoms with Crippen molar-refractivity contribution in [2.24, 2.45) is 10.8 Å². The molecule has 1 fully saturated rings. The lowest BCUT2D eigenvalue weighted by Crippen LogP contribution is -2.51. The first-order valence-electron chi connectivity index (χ1n) is 7.19. The van der Waals surface area contributed by atoms with Crippen LogP contribution in [0.1, 0.15) is 39.5 Å². The number of likely N-dealkylation sites (N-methyl/N-ethyl adjacent to an activating group) is 1. The molecule has 5 heteroatoms. The van der Waals surface area contributed by atoms with Crippen molar-refractivity contribution in [3.05, 3.63) is 0 Å². The summed E-state index contributed by atoms with van der Waals surface area (Å²) in [5.74, 6) is 6.52. The fourth-order valence-electron chi connectivity index (χ4n) is 2.43. The molecular formula is C13H29N5. The van der Waals surface area contributed by atoms with Crippen LogP contribution < -0.4 is 11.3 Å². The molecule has 0 aromatic carbocycles. The van der Waals surface area contributed by atoms with Gasteiger partial charge in [-0.15, -0.1) is 0 Å². The van der Waals surface area contributed by atoms with E-state index in [1.165, 1.54) is 12.8 Å². The maximum atomic E-state index is 5.65. The maximum absolute atomic E-state index is 5.65. The second kappa shape index (κ2) is 8.32. The van der Waals surface area contributed by atoms with Crippen molar-refractivity contribution in [3.8, 4) is 0 Å². The summed E-state index contributed by atoms with van der Waals surface area (Å²) >= 11 is 0. The topological polar surface area (TPSA) is 56.9 Å². The molecule has 0 aromatic rings. The Labute approximate surface area is 111 Å². The van der Waals surface area contributed by atoms with Crippen LogP contribution in [-0.2, 0) is 0 Å². The Morgan fingerprint density at radius 1 is 1.39 bits per heavy atom. The third kappa shape index (κ3) is 4.46. The summed E-state index contributed by atoms with van der Waals surface area (Å²) in [6.45, 7) is 8.55. The van der Waals surface area contributed by atoms with Gasteiger partial charge in [0.2, 0.25) is 5.96 Å². The van der Waals surface area contributed by atoms with Crippen molar-refractivity contribution < 1.29 is 0 Å². The number of unbranched alkanes of at least 4 members (excludes halogenated alkanes) is 1. The second-order valence-corrected chi connectivity index (χ2v) is 5.07. The van der Waals surface area contributed by atoms with E-state index in [1.54, 1.807) is 0 Å². The summed E-state index contributed by atoms with van der Waals surface area (Å²) in [5.41, 5.74) is 2.79. The van der Waals surface area contributed by atoms with E-state index in [2.05, 4.69) is 41.1 Å². The summed E-state index contributed by atoms with van der Waals surface area (Å²) in [6, 6.07) is 0.508. The van der Waals surface area contributed by atoms with Gasteiger partial charge in [0.05, 0.1) is 0 Å². The number of aliphatic imine (C=N–C) groups is 1. The number of rotatable bonds is 4. The van der Waals surface area contributed by atoms with Gasteiger partial charge in [-0.2, -0.15) is 0 Å². The molecule has 0 saturated carbocycles. The molecule has 0 aliphatic carbocycles. The Bertz CT molecular complexity index is 254. The van der Waals surface area contributed by atoms with Crippen LogP contribution in [0.15, 0.2) is 4.99 Å². The Kier molecular flexibility index (Phi) is 7.05. The summed E-state index contributed by atoms with van der Waals surface area (Å²) in [4.78, 5) is 9.35. The minimum Gasteiger partial charge on any atom is -0.338 e. The highest BCUT2D eigenvalue weighted by atomic mass is 15.4. The molecule has 1 aliphatic rings. The Morgan fingerprint density at radius 2 is 2.17 bits per heavy atom. The van der Waals surface area contributed by atoms with Crippen molar-refractivity contribution in [1.29, 1.82) is 0 Å². The molecule has 1 unspecified atom stereocenters. The first-order valence-corrected chi connectivity index (χ1v) is 7.19. The van der Waals surface area contributed by atoms with Crippen LogP contribution in [-0.4, -0.2) is 55.0 Å². The van der Waals surface area contributed by atoms with Crippen LogP contribution >= 0.6 is 0 Å². The van der Waals surface area contributed by atoms with Crippen LogP contribution in [0, 0.1) is 0 Å². The second-order valence-electron chi connectivity index (χ2n) is 5.07. The van der Waals surface area contributed by atoms with Gasteiger partial charge in [0.1, 0.15) is 0 Å². The normalized spacial score (nSPS) is 23.0. The minimum atomic E-state index is 0.508. The summed E-state index contributed by atoms with van der Waals surface area (Å²) in [6.07, 6.45) is 4.58. The molecule has 1 heterocycles. The molecule has 3 N–H and O–H groups in total.